The molecule has 0 saturated carbocycles. The second-order valence-electron chi connectivity index (χ2n) is 3.61. The van der Waals surface area contributed by atoms with E-state index < -0.39 is 12.1 Å². The molecule has 2 heterocycles. The van der Waals surface area contributed by atoms with E-state index in [9.17, 15) is 5.11 Å². The standard InChI is InChI=1S/C10H11BrN4O2/c1-5(16)8(12)10-14-9(15-17-10)6-2-7(11)4-13-3-6/h2-5,8,16H,12H2,1H3/t5-,8+/m1/s1. The number of aromatic nitrogens is 3. The highest BCUT2D eigenvalue weighted by Crippen LogP contribution is 2.21. The van der Waals surface area contributed by atoms with Crippen LogP contribution in [0, 0.1) is 0 Å². The first-order valence-electron chi connectivity index (χ1n) is 4.96. The van der Waals surface area contributed by atoms with E-state index in [0.717, 1.165) is 4.47 Å². The number of aliphatic hydroxyl groups is 1. The third-order valence-corrected chi connectivity index (χ3v) is 2.64. The second kappa shape index (κ2) is 4.91. The zero-order valence-electron chi connectivity index (χ0n) is 9.04. The van der Waals surface area contributed by atoms with Gasteiger partial charge < -0.3 is 15.4 Å². The van der Waals surface area contributed by atoms with E-state index >= 15 is 0 Å². The number of nitrogens with two attached hydrogens (primary N) is 1. The molecule has 90 valence electrons. The zero-order valence-corrected chi connectivity index (χ0v) is 10.6. The number of pyridine rings is 1. The molecule has 0 fully saturated rings. The molecule has 2 atom stereocenters. The number of rotatable bonds is 3. The molecule has 2 aromatic heterocycles. The SMILES string of the molecule is C[C@@H](O)[C@H](N)c1nc(-c2cncc(Br)c2)no1. The van der Waals surface area contributed by atoms with Crippen molar-refractivity contribution in [2.75, 3.05) is 0 Å². The molecule has 2 rings (SSSR count). The smallest absolute Gasteiger partial charge is 0.246 e. The molecule has 0 bridgehead atoms. The highest BCUT2D eigenvalue weighted by Gasteiger charge is 2.20. The minimum absolute atomic E-state index is 0.204. The Morgan fingerprint density at radius 1 is 1.47 bits per heavy atom. The van der Waals surface area contributed by atoms with Crippen molar-refractivity contribution < 1.29 is 9.63 Å². The Kier molecular flexibility index (Phi) is 3.51. The van der Waals surface area contributed by atoms with E-state index in [4.69, 9.17) is 10.3 Å². The number of hydrogen-bond donors (Lipinski definition) is 2. The first kappa shape index (κ1) is 12.2. The fraction of sp³-hybridized carbons (Fsp3) is 0.300. The maximum absolute atomic E-state index is 9.33. The van der Waals surface area contributed by atoms with E-state index in [1.54, 1.807) is 19.3 Å². The number of nitrogens with zero attached hydrogens (tertiary/aromatic N) is 3. The molecule has 0 unspecified atom stereocenters. The van der Waals surface area contributed by atoms with Gasteiger partial charge in [0.05, 0.1) is 6.10 Å². The van der Waals surface area contributed by atoms with Gasteiger partial charge in [-0.2, -0.15) is 4.98 Å². The summed E-state index contributed by atoms with van der Waals surface area (Å²) in [6.07, 6.45) is 2.53. The van der Waals surface area contributed by atoms with Gasteiger partial charge in [-0.05, 0) is 28.9 Å². The number of halogens is 1. The van der Waals surface area contributed by atoms with Crippen molar-refractivity contribution in [2.24, 2.45) is 5.73 Å². The van der Waals surface area contributed by atoms with Gasteiger partial charge in [-0.3, -0.25) is 4.98 Å². The summed E-state index contributed by atoms with van der Waals surface area (Å²) in [7, 11) is 0. The van der Waals surface area contributed by atoms with E-state index in [0.29, 0.717) is 11.4 Å². The van der Waals surface area contributed by atoms with E-state index in [1.165, 1.54) is 0 Å². The Morgan fingerprint density at radius 2 is 2.24 bits per heavy atom. The summed E-state index contributed by atoms with van der Waals surface area (Å²) >= 11 is 3.31. The Morgan fingerprint density at radius 3 is 2.88 bits per heavy atom. The van der Waals surface area contributed by atoms with Gasteiger partial charge in [0.15, 0.2) is 0 Å². The maximum atomic E-state index is 9.33. The molecular formula is C10H11BrN4O2. The van der Waals surface area contributed by atoms with Crippen LogP contribution in [0.4, 0.5) is 0 Å². The molecule has 0 aliphatic carbocycles. The van der Waals surface area contributed by atoms with Crippen LogP contribution in [-0.4, -0.2) is 26.3 Å². The lowest BCUT2D eigenvalue weighted by atomic mass is 10.2. The van der Waals surface area contributed by atoms with Crippen molar-refractivity contribution in [1.29, 1.82) is 0 Å². The van der Waals surface area contributed by atoms with Crippen molar-refractivity contribution in [1.82, 2.24) is 15.1 Å². The van der Waals surface area contributed by atoms with Gasteiger partial charge >= 0.3 is 0 Å². The Bertz CT molecular complexity index is 515. The van der Waals surface area contributed by atoms with Crippen molar-refractivity contribution in [3.63, 3.8) is 0 Å². The minimum atomic E-state index is -0.746. The van der Waals surface area contributed by atoms with Crippen molar-refractivity contribution in [3.8, 4) is 11.4 Å². The van der Waals surface area contributed by atoms with E-state index in [-0.39, 0.29) is 5.89 Å². The predicted molar refractivity (Wildman–Crippen MR) is 63.8 cm³/mol. The van der Waals surface area contributed by atoms with Crippen LogP contribution in [0.3, 0.4) is 0 Å². The van der Waals surface area contributed by atoms with Gasteiger partial charge in [0.25, 0.3) is 0 Å². The lowest BCUT2D eigenvalue weighted by Gasteiger charge is -2.08. The van der Waals surface area contributed by atoms with Crippen molar-refractivity contribution in [3.05, 3.63) is 28.8 Å². The first-order chi connectivity index (χ1) is 8.08. The van der Waals surface area contributed by atoms with Gasteiger partial charge in [0, 0.05) is 22.4 Å². The molecule has 6 nitrogen and oxygen atoms in total. The predicted octanol–water partition coefficient (Wildman–Crippen LogP) is 1.27. The molecule has 7 heteroatoms. The van der Waals surface area contributed by atoms with Crippen LogP contribution < -0.4 is 5.73 Å². The van der Waals surface area contributed by atoms with Gasteiger partial charge in [-0.25, -0.2) is 0 Å². The maximum Gasteiger partial charge on any atom is 0.246 e. The third kappa shape index (κ3) is 2.68. The summed E-state index contributed by atoms with van der Waals surface area (Å²) in [5.41, 5.74) is 6.40. The lowest BCUT2D eigenvalue weighted by Crippen LogP contribution is -2.23. The molecule has 0 amide bonds. The third-order valence-electron chi connectivity index (χ3n) is 2.21. The molecule has 0 radical (unpaired) electrons. The molecule has 0 aromatic carbocycles. The Hall–Kier alpha value is -1.31. The fourth-order valence-electron chi connectivity index (χ4n) is 1.23. The summed E-state index contributed by atoms with van der Waals surface area (Å²) in [6, 6.07) is 1.13. The first-order valence-corrected chi connectivity index (χ1v) is 5.75. The summed E-state index contributed by atoms with van der Waals surface area (Å²) in [5.74, 6) is 0.597. The summed E-state index contributed by atoms with van der Waals surface area (Å²) in [4.78, 5) is 8.12. The van der Waals surface area contributed by atoms with Crippen LogP contribution in [0.5, 0.6) is 0 Å². The molecule has 0 saturated heterocycles. The van der Waals surface area contributed by atoms with Gasteiger partial charge in [-0.15, -0.1) is 0 Å². The van der Waals surface area contributed by atoms with Gasteiger partial charge in [0.2, 0.25) is 11.7 Å². The topological polar surface area (TPSA) is 98.1 Å². The minimum Gasteiger partial charge on any atom is -0.391 e. The van der Waals surface area contributed by atoms with Crippen LogP contribution in [0.15, 0.2) is 27.5 Å². The summed E-state index contributed by atoms with van der Waals surface area (Å²) in [6.45, 7) is 1.56. The quantitative estimate of drug-likeness (QED) is 0.885. The van der Waals surface area contributed by atoms with Crippen molar-refractivity contribution >= 4 is 15.9 Å². The molecule has 0 spiro atoms. The van der Waals surface area contributed by atoms with Crippen LogP contribution in [-0.2, 0) is 0 Å². The molecule has 3 N–H and O–H groups in total. The van der Waals surface area contributed by atoms with Gasteiger partial charge in [0.1, 0.15) is 6.04 Å². The fourth-order valence-corrected chi connectivity index (χ4v) is 1.59. The van der Waals surface area contributed by atoms with E-state index in [1.807, 2.05) is 6.07 Å². The molecule has 0 aliphatic heterocycles. The van der Waals surface area contributed by atoms with E-state index in [2.05, 4.69) is 31.1 Å². The Balaban J connectivity index is 2.30. The molecule has 0 aliphatic rings. The Labute approximate surface area is 106 Å². The normalized spacial score (nSPS) is 14.6. The van der Waals surface area contributed by atoms with Gasteiger partial charge in [-0.1, -0.05) is 5.16 Å². The number of aliphatic hydroxyl groups excluding tert-OH is 1. The zero-order chi connectivity index (χ0) is 12.4. The lowest BCUT2D eigenvalue weighted by molar-refractivity contribution is 0.146. The second-order valence-corrected chi connectivity index (χ2v) is 4.53. The molecule has 2 aromatic rings. The average molecular weight is 299 g/mol. The highest BCUT2D eigenvalue weighted by molar-refractivity contribution is 9.10. The average Bonchev–Trinajstić information content (AvgIpc) is 2.77. The van der Waals surface area contributed by atoms with Crippen molar-refractivity contribution in [2.45, 2.75) is 19.1 Å². The molecule has 17 heavy (non-hydrogen) atoms. The molecular weight excluding hydrogens is 288 g/mol. The summed E-state index contributed by atoms with van der Waals surface area (Å²) < 4.78 is 5.81. The largest absolute Gasteiger partial charge is 0.391 e. The number of hydrogen-bond acceptors (Lipinski definition) is 6. The van der Waals surface area contributed by atoms with Crippen LogP contribution in [0.2, 0.25) is 0 Å². The highest BCUT2D eigenvalue weighted by atomic mass is 79.9. The van der Waals surface area contributed by atoms with Crippen LogP contribution in [0.1, 0.15) is 18.9 Å². The van der Waals surface area contributed by atoms with Crippen LogP contribution in [0.25, 0.3) is 11.4 Å². The van der Waals surface area contributed by atoms with Crippen LogP contribution >= 0.6 is 15.9 Å². The summed E-state index contributed by atoms with van der Waals surface area (Å²) in [5, 5.41) is 13.1. The monoisotopic (exact) mass is 298 g/mol.